The van der Waals surface area contributed by atoms with Crippen molar-refractivity contribution < 1.29 is 19.4 Å². The molecule has 0 spiro atoms. The number of hydrogen-bond acceptors (Lipinski definition) is 5. The van der Waals surface area contributed by atoms with Crippen LogP contribution in [0.25, 0.3) is 0 Å². The zero-order chi connectivity index (χ0) is 17.1. The van der Waals surface area contributed by atoms with Crippen molar-refractivity contribution in [2.75, 3.05) is 14.2 Å². The lowest BCUT2D eigenvalue weighted by atomic mass is 10.1. The molecule has 0 saturated carbocycles. The van der Waals surface area contributed by atoms with Crippen molar-refractivity contribution in [2.45, 2.75) is 32.4 Å². The first-order valence-electron chi connectivity index (χ1n) is 7.90. The third kappa shape index (κ3) is 3.02. The summed E-state index contributed by atoms with van der Waals surface area (Å²) < 4.78 is 12.2. The molecule has 24 heavy (non-hydrogen) atoms. The summed E-state index contributed by atoms with van der Waals surface area (Å²) in [5.74, 6) is 0.410. The lowest BCUT2D eigenvalue weighted by Crippen LogP contribution is -2.24. The largest absolute Gasteiger partial charge is 0.502 e. The first-order valence-corrected chi connectivity index (χ1v) is 7.90. The molecule has 2 N–H and O–H groups in total. The maximum atomic E-state index is 12.5. The number of fused-ring (bicyclic) bond motifs is 1. The Balaban J connectivity index is 1.74. The number of nitrogens with one attached hydrogen (secondary N) is 1. The third-order valence-corrected chi connectivity index (χ3v) is 4.22. The Morgan fingerprint density at radius 2 is 2.00 bits per heavy atom. The Kier molecular flexibility index (Phi) is 4.59. The average Bonchev–Trinajstić information content (AvgIpc) is 3.04. The van der Waals surface area contributed by atoms with Gasteiger partial charge in [-0.05, 0) is 37.0 Å². The average molecular weight is 331 g/mol. The molecule has 0 unspecified atom stereocenters. The minimum atomic E-state index is -0.149. The van der Waals surface area contributed by atoms with Crippen LogP contribution in [0.5, 0.6) is 17.2 Å². The topological polar surface area (TPSA) is 85.6 Å². The van der Waals surface area contributed by atoms with Crippen molar-refractivity contribution in [3.05, 3.63) is 35.2 Å². The smallest absolute Gasteiger partial charge is 0.255 e. The second kappa shape index (κ2) is 6.82. The van der Waals surface area contributed by atoms with Gasteiger partial charge in [0.25, 0.3) is 5.91 Å². The number of ether oxygens (including phenoxy) is 2. The van der Waals surface area contributed by atoms with E-state index in [1.54, 1.807) is 18.3 Å². The van der Waals surface area contributed by atoms with Crippen LogP contribution in [-0.4, -0.2) is 35.0 Å². The van der Waals surface area contributed by atoms with E-state index in [0.29, 0.717) is 23.6 Å². The molecule has 1 aromatic heterocycles. The van der Waals surface area contributed by atoms with Gasteiger partial charge in [0, 0.05) is 13.1 Å². The number of phenols is 1. The molecule has 128 valence electrons. The van der Waals surface area contributed by atoms with Crippen LogP contribution in [-0.2, 0) is 19.5 Å². The van der Waals surface area contributed by atoms with E-state index in [-0.39, 0.29) is 11.7 Å². The van der Waals surface area contributed by atoms with E-state index in [0.717, 1.165) is 37.1 Å². The number of aromatic hydroxyl groups is 1. The summed E-state index contributed by atoms with van der Waals surface area (Å²) in [6, 6.07) is 3.34. The molecule has 0 atom stereocenters. The van der Waals surface area contributed by atoms with E-state index in [2.05, 4.69) is 10.4 Å². The highest BCUT2D eigenvalue weighted by Crippen LogP contribution is 2.37. The quantitative estimate of drug-likeness (QED) is 0.873. The summed E-state index contributed by atoms with van der Waals surface area (Å²) in [6.45, 7) is 1.17. The number of rotatable bonds is 5. The van der Waals surface area contributed by atoms with E-state index in [9.17, 15) is 9.90 Å². The van der Waals surface area contributed by atoms with Gasteiger partial charge in [-0.15, -0.1) is 0 Å². The SMILES string of the molecule is COc1cc(CNC(=O)c2cnn3c2CCCC3)cc(OC)c1O. The van der Waals surface area contributed by atoms with Crippen LogP contribution in [0, 0.1) is 0 Å². The van der Waals surface area contributed by atoms with Crippen molar-refractivity contribution in [2.24, 2.45) is 0 Å². The van der Waals surface area contributed by atoms with Crippen LogP contribution in [0.15, 0.2) is 18.3 Å². The monoisotopic (exact) mass is 331 g/mol. The molecule has 3 rings (SSSR count). The normalized spacial score (nSPS) is 13.2. The number of aromatic nitrogens is 2. The summed E-state index contributed by atoms with van der Waals surface area (Å²) in [5.41, 5.74) is 2.41. The summed E-state index contributed by atoms with van der Waals surface area (Å²) in [5, 5.41) is 17.1. The number of carbonyl (C=O) groups excluding carboxylic acids is 1. The standard InChI is InChI=1S/C17H21N3O4/c1-23-14-7-11(8-15(24-2)16(14)21)9-18-17(22)12-10-19-20-6-4-3-5-13(12)20/h7-8,10,21H,3-6,9H2,1-2H3,(H,18,22). The molecule has 0 bridgehead atoms. The lowest BCUT2D eigenvalue weighted by molar-refractivity contribution is 0.0949. The highest BCUT2D eigenvalue weighted by atomic mass is 16.5. The van der Waals surface area contributed by atoms with Crippen LogP contribution in [0.2, 0.25) is 0 Å². The van der Waals surface area contributed by atoms with E-state index >= 15 is 0 Å². The van der Waals surface area contributed by atoms with Gasteiger partial charge in [0.2, 0.25) is 5.75 Å². The van der Waals surface area contributed by atoms with Crippen LogP contribution in [0.1, 0.15) is 34.5 Å². The number of methoxy groups -OCH3 is 2. The molecular formula is C17H21N3O4. The number of amides is 1. The Hall–Kier alpha value is -2.70. The molecule has 2 heterocycles. The lowest BCUT2D eigenvalue weighted by Gasteiger charge is -2.15. The minimum Gasteiger partial charge on any atom is -0.502 e. The predicted octanol–water partition coefficient (Wildman–Crippen LogP) is 1.87. The molecular weight excluding hydrogens is 310 g/mol. The fourth-order valence-electron chi connectivity index (χ4n) is 2.94. The van der Waals surface area contributed by atoms with Crippen molar-refractivity contribution in [1.29, 1.82) is 0 Å². The molecule has 0 fully saturated rings. The highest BCUT2D eigenvalue weighted by molar-refractivity contribution is 5.95. The van der Waals surface area contributed by atoms with Crippen LogP contribution in [0.4, 0.5) is 0 Å². The molecule has 7 nitrogen and oxygen atoms in total. The molecule has 1 amide bonds. The first kappa shape index (κ1) is 16.2. The third-order valence-electron chi connectivity index (χ3n) is 4.22. The molecule has 0 aliphatic carbocycles. The van der Waals surface area contributed by atoms with Gasteiger partial charge in [-0.3, -0.25) is 9.48 Å². The Morgan fingerprint density at radius 3 is 2.67 bits per heavy atom. The van der Waals surface area contributed by atoms with Crippen LogP contribution >= 0.6 is 0 Å². The summed E-state index contributed by atoms with van der Waals surface area (Å²) in [4.78, 5) is 12.5. The van der Waals surface area contributed by atoms with Crippen molar-refractivity contribution in [3.8, 4) is 17.2 Å². The van der Waals surface area contributed by atoms with Crippen molar-refractivity contribution >= 4 is 5.91 Å². The predicted molar refractivity (Wildman–Crippen MR) is 87.5 cm³/mol. The maximum Gasteiger partial charge on any atom is 0.255 e. The molecule has 1 aliphatic heterocycles. The van der Waals surface area contributed by atoms with Gasteiger partial charge in [-0.25, -0.2) is 0 Å². The number of phenolic OH excluding ortho intramolecular Hbond substituents is 1. The van der Waals surface area contributed by atoms with E-state index in [1.165, 1.54) is 14.2 Å². The van der Waals surface area contributed by atoms with Crippen LogP contribution in [0.3, 0.4) is 0 Å². The second-order valence-corrected chi connectivity index (χ2v) is 5.72. The number of hydrogen-bond donors (Lipinski definition) is 2. The van der Waals surface area contributed by atoms with Gasteiger partial charge >= 0.3 is 0 Å². The van der Waals surface area contributed by atoms with Gasteiger partial charge in [0.1, 0.15) is 0 Å². The van der Waals surface area contributed by atoms with Gasteiger partial charge < -0.3 is 19.9 Å². The van der Waals surface area contributed by atoms with E-state index in [1.807, 2.05) is 4.68 Å². The maximum absolute atomic E-state index is 12.5. The number of carbonyl (C=O) groups is 1. The van der Waals surface area contributed by atoms with Crippen LogP contribution < -0.4 is 14.8 Å². The van der Waals surface area contributed by atoms with Gasteiger partial charge in [0.15, 0.2) is 11.5 Å². The fraction of sp³-hybridized carbons (Fsp3) is 0.412. The molecule has 0 radical (unpaired) electrons. The van der Waals surface area contributed by atoms with Gasteiger partial charge in [-0.1, -0.05) is 0 Å². The van der Waals surface area contributed by atoms with E-state index < -0.39 is 0 Å². The Bertz CT molecular complexity index is 729. The fourth-order valence-corrected chi connectivity index (χ4v) is 2.94. The number of nitrogens with zero attached hydrogens (tertiary/aromatic N) is 2. The Labute approximate surface area is 140 Å². The zero-order valence-corrected chi connectivity index (χ0v) is 13.8. The Morgan fingerprint density at radius 1 is 1.29 bits per heavy atom. The zero-order valence-electron chi connectivity index (χ0n) is 13.8. The molecule has 0 saturated heterocycles. The summed E-state index contributed by atoms with van der Waals surface area (Å²) in [6.07, 6.45) is 4.69. The second-order valence-electron chi connectivity index (χ2n) is 5.72. The summed E-state index contributed by atoms with van der Waals surface area (Å²) >= 11 is 0. The van der Waals surface area contributed by atoms with Crippen molar-refractivity contribution in [3.63, 3.8) is 0 Å². The molecule has 2 aromatic rings. The number of benzene rings is 1. The molecule has 7 heteroatoms. The number of aryl methyl sites for hydroxylation is 1. The summed E-state index contributed by atoms with van der Waals surface area (Å²) in [7, 11) is 2.94. The van der Waals surface area contributed by atoms with Gasteiger partial charge in [0.05, 0.1) is 31.7 Å². The van der Waals surface area contributed by atoms with Crippen molar-refractivity contribution in [1.82, 2.24) is 15.1 Å². The molecule has 1 aliphatic rings. The first-order chi connectivity index (χ1) is 11.6. The highest BCUT2D eigenvalue weighted by Gasteiger charge is 2.20. The van der Waals surface area contributed by atoms with E-state index in [4.69, 9.17) is 9.47 Å². The molecule has 1 aromatic carbocycles. The van der Waals surface area contributed by atoms with Gasteiger partial charge in [-0.2, -0.15) is 5.10 Å². The minimum absolute atomic E-state index is 0.0548.